The van der Waals surface area contributed by atoms with E-state index in [-0.39, 0.29) is 11.3 Å². The highest BCUT2D eigenvalue weighted by Crippen LogP contribution is 2.35. The number of hydrogen-bond donors (Lipinski definition) is 1. The molecule has 1 aliphatic heterocycles. The van der Waals surface area contributed by atoms with E-state index < -0.39 is 11.8 Å². The van der Waals surface area contributed by atoms with Gasteiger partial charge < -0.3 is 5.32 Å². The van der Waals surface area contributed by atoms with Crippen LogP contribution in [0.3, 0.4) is 0 Å². The van der Waals surface area contributed by atoms with E-state index in [9.17, 15) is 9.59 Å². The number of anilines is 1. The summed E-state index contributed by atoms with van der Waals surface area (Å²) in [5.74, 6) is -0.797. The van der Waals surface area contributed by atoms with Crippen LogP contribution in [0.5, 0.6) is 0 Å². The van der Waals surface area contributed by atoms with E-state index in [2.05, 4.69) is 5.32 Å². The summed E-state index contributed by atoms with van der Waals surface area (Å²) in [5.41, 5.74) is 3.80. The molecule has 25 heavy (non-hydrogen) atoms. The second-order valence-electron chi connectivity index (χ2n) is 5.92. The average molecular weight is 375 g/mol. The van der Waals surface area contributed by atoms with Gasteiger partial charge in [-0.05, 0) is 43.2 Å². The molecular formula is C19H16Cl2N2O2. The molecule has 0 spiro atoms. The molecule has 0 aliphatic carbocycles. The number of imide groups is 1. The van der Waals surface area contributed by atoms with Crippen LogP contribution in [0.1, 0.15) is 16.7 Å². The molecule has 1 aliphatic rings. The number of aryl methyl sites for hydroxylation is 1. The fraction of sp³-hybridized carbons (Fsp3) is 0.158. The molecule has 2 aromatic rings. The van der Waals surface area contributed by atoms with Gasteiger partial charge >= 0.3 is 0 Å². The molecule has 0 unspecified atom stereocenters. The number of carbonyl (C=O) groups excluding carboxylic acids is 2. The predicted octanol–water partition coefficient (Wildman–Crippen LogP) is 4.43. The van der Waals surface area contributed by atoms with Crippen molar-refractivity contribution in [1.29, 1.82) is 0 Å². The van der Waals surface area contributed by atoms with Crippen LogP contribution < -0.4 is 5.32 Å². The van der Waals surface area contributed by atoms with Gasteiger partial charge in [0.05, 0.1) is 10.6 Å². The molecule has 6 heteroatoms. The van der Waals surface area contributed by atoms with Gasteiger partial charge in [0.15, 0.2) is 0 Å². The summed E-state index contributed by atoms with van der Waals surface area (Å²) in [4.78, 5) is 26.3. The molecule has 4 nitrogen and oxygen atoms in total. The largest absolute Gasteiger partial charge is 0.350 e. The minimum absolute atomic E-state index is 0.213. The van der Waals surface area contributed by atoms with E-state index in [0.717, 1.165) is 21.7 Å². The van der Waals surface area contributed by atoms with Crippen molar-refractivity contribution in [3.63, 3.8) is 0 Å². The standard InChI is InChI=1S/C19H16Cl2N2O2/c1-10-5-4-6-15(11(10)2)22-17-16(18(24)23(3)19(17)25)13-8-7-12(20)9-14(13)21/h4-9,22H,1-3H3. The Morgan fingerprint density at radius 2 is 1.72 bits per heavy atom. The summed E-state index contributed by atoms with van der Waals surface area (Å²) in [6.45, 7) is 3.94. The molecule has 128 valence electrons. The summed E-state index contributed by atoms with van der Waals surface area (Å²) in [6.07, 6.45) is 0. The third kappa shape index (κ3) is 3.03. The summed E-state index contributed by atoms with van der Waals surface area (Å²) < 4.78 is 0. The van der Waals surface area contributed by atoms with Gasteiger partial charge in [0.1, 0.15) is 5.70 Å². The Balaban J connectivity index is 2.17. The fourth-order valence-corrected chi connectivity index (χ4v) is 3.22. The highest BCUT2D eigenvalue weighted by Gasteiger charge is 2.37. The van der Waals surface area contributed by atoms with Crippen LogP contribution in [0.4, 0.5) is 5.69 Å². The van der Waals surface area contributed by atoms with Crippen LogP contribution in [-0.2, 0) is 9.59 Å². The lowest BCUT2D eigenvalue weighted by Gasteiger charge is -2.13. The van der Waals surface area contributed by atoms with Crippen LogP contribution in [0, 0.1) is 13.8 Å². The van der Waals surface area contributed by atoms with E-state index in [1.165, 1.54) is 7.05 Å². The maximum absolute atomic E-state index is 12.6. The number of nitrogens with zero attached hydrogens (tertiary/aromatic N) is 1. The van der Waals surface area contributed by atoms with Crippen LogP contribution in [0.2, 0.25) is 10.0 Å². The van der Waals surface area contributed by atoms with Gasteiger partial charge in [-0.1, -0.05) is 41.4 Å². The predicted molar refractivity (Wildman–Crippen MR) is 101 cm³/mol. The summed E-state index contributed by atoms with van der Waals surface area (Å²) in [5, 5.41) is 3.91. The number of rotatable bonds is 3. The monoisotopic (exact) mass is 374 g/mol. The van der Waals surface area contributed by atoms with Gasteiger partial charge in [-0.25, -0.2) is 0 Å². The zero-order chi connectivity index (χ0) is 18.3. The smallest absolute Gasteiger partial charge is 0.277 e. The molecule has 3 rings (SSSR count). The minimum atomic E-state index is -0.401. The Morgan fingerprint density at radius 3 is 2.40 bits per heavy atom. The number of amides is 2. The SMILES string of the molecule is Cc1cccc(NC2=C(c3ccc(Cl)cc3Cl)C(=O)N(C)C2=O)c1C. The molecule has 2 aromatic carbocycles. The first-order chi connectivity index (χ1) is 11.8. The van der Waals surface area contributed by atoms with Crippen molar-refractivity contribution >= 4 is 46.3 Å². The highest BCUT2D eigenvalue weighted by molar-refractivity contribution is 6.41. The van der Waals surface area contributed by atoms with Crippen LogP contribution in [0.25, 0.3) is 5.57 Å². The second-order valence-corrected chi connectivity index (χ2v) is 6.76. The Morgan fingerprint density at radius 1 is 1.00 bits per heavy atom. The van der Waals surface area contributed by atoms with E-state index in [0.29, 0.717) is 15.6 Å². The average Bonchev–Trinajstić information content (AvgIpc) is 2.77. The summed E-state index contributed by atoms with van der Waals surface area (Å²) >= 11 is 12.2. The third-order valence-electron chi connectivity index (χ3n) is 4.35. The molecule has 1 N–H and O–H groups in total. The van der Waals surface area contributed by atoms with Crippen molar-refractivity contribution in [2.24, 2.45) is 0 Å². The Labute approximate surface area is 156 Å². The van der Waals surface area contributed by atoms with E-state index in [1.54, 1.807) is 18.2 Å². The summed E-state index contributed by atoms with van der Waals surface area (Å²) in [6, 6.07) is 10.6. The Kier molecular flexibility index (Phi) is 4.58. The van der Waals surface area contributed by atoms with Crippen molar-refractivity contribution in [2.75, 3.05) is 12.4 Å². The summed E-state index contributed by atoms with van der Waals surface area (Å²) in [7, 11) is 1.45. The van der Waals surface area contributed by atoms with Crippen LogP contribution >= 0.6 is 23.2 Å². The van der Waals surface area contributed by atoms with Crippen LogP contribution in [0.15, 0.2) is 42.1 Å². The minimum Gasteiger partial charge on any atom is -0.350 e. The maximum atomic E-state index is 12.6. The van der Waals surface area contributed by atoms with Gasteiger partial charge in [0.2, 0.25) is 0 Å². The molecule has 0 aromatic heterocycles. The van der Waals surface area contributed by atoms with Crippen molar-refractivity contribution in [2.45, 2.75) is 13.8 Å². The molecule has 0 radical (unpaired) electrons. The number of halogens is 2. The number of nitrogens with one attached hydrogen (secondary N) is 1. The third-order valence-corrected chi connectivity index (χ3v) is 4.90. The number of carbonyl (C=O) groups is 2. The van der Waals surface area contributed by atoms with E-state index in [1.807, 2.05) is 32.0 Å². The quantitative estimate of drug-likeness (QED) is 0.808. The van der Waals surface area contributed by atoms with Crippen molar-refractivity contribution in [3.8, 4) is 0 Å². The lowest BCUT2D eigenvalue weighted by atomic mass is 10.0. The number of benzene rings is 2. The lowest BCUT2D eigenvalue weighted by Crippen LogP contribution is -2.28. The number of hydrogen-bond acceptors (Lipinski definition) is 3. The van der Waals surface area contributed by atoms with Gasteiger partial charge in [-0.2, -0.15) is 0 Å². The van der Waals surface area contributed by atoms with Crippen molar-refractivity contribution in [3.05, 3.63) is 68.8 Å². The fourth-order valence-electron chi connectivity index (χ4n) is 2.72. The Bertz CT molecular complexity index is 935. The molecule has 0 bridgehead atoms. The lowest BCUT2D eigenvalue weighted by molar-refractivity contribution is -0.135. The first-order valence-corrected chi connectivity index (χ1v) is 8.42. The van der Waals surface area contributed by atoms with E-state index in [4.69, 9.17) is 23.2 Å². The van der Waals surface area contributed by atoms with Gasteiger partial charge in [-0.15, -0.1) is 0 Å². The van der Waals surface area contributed by atoms with Crippen LogP contribution in [-0.4, -0.2) is 23.8 Å². The molecule has 0 atom stereocenters. The topological polar surface area (TPSA) is 49.4 Å². The highest BCUT2D eigenvalue weighted by atomic mass is 35.5. The Hall–Kier alpha value is -2.30. The van der Waals surface area contributed by atoms with E-state index >= 15 is 0 Å². The molecule has 1 heterocycles. The number of likely N-dealkylation sites (N-methyl/N-ethyl adjacent to an activating group) is 1. The molecule has 0 saturated carbocycles. The molecule has 0 fully saturated rings. The zero-order valence-electron chi connectivity index (χ0n) is 14.0. The van der Waals surface area contributed by atoms with Gasteiger partial charge in [-0.3, -0.25) is 14.5 Å². The second kappa shape index (κ2) is 6.54. The zero-order valence-corrected chi connectivity index (χ0v) is 15.5. The normalized spacial score (nSPS) is 14.5. The van der Waals surface area contributed by atoms with Crippen molar-refractivity contribution in [1.82, 2.24) is 4.90 Å². The first-order valence-electron chi connectivity index (χ1n) is 7.66. The maximum Gasteiger partial charge on any atom is 0.277 e. The first kappa shape index (κ1) is 17.5. The van der Waals surface area contributed by atoms with Crippen molar-refractivity contribution < 1.29 is 9.59 Å². The molecule has 2 amide bonds. The molecular weight excluding hydrogens is 359 g/mol. The van der Waals surface area contributed by atoms with Gasteiger partial charge in [0, 0.05) is 23.3 Å². The molecule has 0 saturated heterocycles. The van der Waals surface area contributed by atoms with Gasteiger partial charge in [0.25, 0.3) is 11.8 Å².